The van der Waals surface area contributed by atoms with Crippen molar-refractivity contribution in [1.82, 2.24) is 9.88 Å². The molecule has 1 aromatic carbocycles. The number of hydrogen-bond donors (Lipinski definition) is 1. The molecular weight excluding hydrogens is 258 g/mol. The quantitative estimate of drug-likeness (QED) is 0.881. The lowest BCUT2D eigenvalue weighted by Gasteiger charge is -2.25. The van der Waals surface area contributed by atoms with E-state index in [1.165, 1.54) is 5.56 Å². The third-order valence-corrected chi connectivity index (χ3v) is 3.71. The molecule has 0 aliphatic heterocycles. The van der Waals surface area contributed by atoms with Crippen LogP contribution in [-0.2, 0) is 0 Å². The molecule has 0 aliphatic rings. The van der Waals surface area contributed by atoms with E-state index in [9.17, 15) is 0 Å². The second-order valence-corrected chi connectivity index (χ2v) is 5.37. The van der Waals surface area contributed by atoms with Gasteiger partial charge in [0.15, 0.2) is 5.13 Å². The molecule has 0 saturated carbocycles. The van der Waals surface area contributed by atoms with Crippen LogP contribution in [0.25, 0.3) is 0 Å². The Morgan fingerprint density at radius 3 is 2.89 bits per heavy atom. The minimum atomic E-state index is 0.277. The summed E-state index contributed by atoms with van der Waals surface area (Å²) in [7, 11) is 5.85. The predicted molar refractivity (Wildman–Crippen MR) is 80.0 cm³/mol. The van der Waals surface area contributed by atoms with Crippen LogP contribution in [0.5, 0.6) is 5.75 Å². The topological polar surface area (TPSA) is 37.4 Å². The van der Waals surface area contributed by atoms with Crippen molar-refractivity contribution >= 4 is 16.5 Å². The summed E-state index contributed by atoms with van der Waals surface area (Å²) in [4.78, 5) is 6.43. The van der Waals surface area contributed by atoms with Crippen molar-refractivity contribution in [1.29, 1.82) is 0 Å². The lowest BCUT2D eigenvalue weighted by molar-refractivity contribution is 0.310. The first-order valence-corrected chi connectivity index (χ1v) is 7.02. The first-order chi connectivity index (χ1) is 9.20. The van der Waals surface area contributed by atoms with E-state index < -0.39 is 0 Å². The first kappa shape index (κ1) is 13.8. The van der Waals surface area contributed by atoms with Gasteiger partial charge in [0, 0.05) is 18.1 Å². The molecule has 0 bridgehead atoms. The maximum atomic E-state index is 5.29. The Morgan fingerprint density at radius 2 is 2.26 bits per heavy atom. The highest BCUT2D eigenvalue weighted by atomic mass is 32.1. The summed E-state index contributed by atoms with van der Waals surface area (Å²) in [5.74, 6) is 0.888. The number of methoxy groups -OCH3 is 1. The molecule has 19 heavy (non-hydrogen) atoms. The van der Waals surface area contributed by atoms with Crippen LogP contribution in [-0.4, -0.2) is 37.6 Å². The Bertz CT molecular complexity index is 499. The zero-order valence-corrected chi connectivity index (χ0v) is 12.3. The average Bonchev–Trinajstić information content (AvgIpc) is 2.92. The maximum absolute atomic E-state index is 5.29. The van der Waals surface area contributed by atoms with Crippen molar-refractivity contribution < 1.29 is 4.74 Å². The van der Waals surface area contributed by atoms with Crippen LogP contribution in [0.1, 0.15) is 11.6 Å². The van der Waals surface area contributed by atoms with Crippen LogP contribution in [0.4, 0.5) is 5.13 Å². The van der Waals surface area contributed by atoms with Gasteiger partial charge in [-0.2, -0.15) is 0 Å². The monoisotopic (exact) mass is 277 g/mol. The summed E-state index contributed by atoms with van der Waals surface area (Å²) >= 11 is 1.61. The van der Waals surface area contributed by atoms with Crippen LogP contribution in [0, 0.1) is 0 Å². The van der Waals surface area contributed by atoms with Crippen molar-refractivity contribution in [3.8, 4) is 5.75 Å². The number of rotatable bonds is 6. The number of hydrogen-bond acceptors (Lipinski definition) is 5. The Morgan fingerprint density at radius 1 is 1.42 bits per heavy atom. The van der Waals surface area contributed by atoms with Gasteiger partial charge >= 0.3 is 0 Å². The number of ether oxygens (including phenoxy) is 1. The highest BCUT2D eigenvalue weighted by Crippen LogP contribution is 2.23. The number of nitrogens with one attached hydrogen (secondary N) is 1. The molecule has 102 valence electrons. The molecule has 5 heteroatoms. The maximum Gasteiger partial charge on any atom is 0.182 e. The standard InChI is InChI=1S/C14H19N3OS/c1-17(2)13(10-16-14-15-7-8-19-14)11-5-4-6-12(9-11)18-3/h4-9,13H,10H2,1-3H3,(H,15,16). The largest absolute Gasteiger partial charge is 0.497 e. The van der Waals surface area contributed by atoms with Crippen molar-refractivity contribution in [2.45, 2.75) is 6.04 Å². The summed E-state index contributed by atoms with van der Waals surface area (Å²) in [5.41, 5.74) is 1.23. The van der Waals surface area contributed by atoms with Crippen LogP contribution >= 0.6 is 11.3 Å². The van der Waals surface area contributed by atoms with Crippen LogP contribution in [0.2, 0.25) is 0 Å². The Balaban J connectivity index is 2.10. The van der Waals surface area contributed by atoms with Gasteiger partial charge in [-0.3, -0.25) is 0 Å². The predicted octanol–water partition coefficient (Wildman–Crippen LogP) is 2.87. The molecule has 0 spiro atoms. The second-order valence-electron chi connectivity index (χ2n) is 4.47. The molecule has 0 aliphatic carbocycles. The van der Waals surface area contributed by atoms with Gasteiger partial charge in [0.1, 0.15) is 5.75 Å². The van der Waals surface area contributed by atoms with E-state index in [-0.39, 0.29) is 6.04 Å². The fraction of sp³-hybridized carbons (Fsp3) is 0.357. The highest BCUT2D eigenvalue weighted by molar-refractivity contribution is 7.13. The second kappa shape index (κ2) is 6.54. The van der Waals surface area contributed by atoms with Gasteiger partial charge in [0.25, 0.3) is 0 Å². The molecular formula is C14H19N3OS. The van der Waals surface area contributed by atoms with Crippen molar-refractivity contribution in [3.63, 3.8) is 0 Å². The van der Waals surface area contributed by atoms with Crippen molar-refractivity contribution in [2.24, 2.45) is 0 Å². The van der Waals surface area contributed by atoms with Crippen LogP contribution < -0.4 is 10.1 Å². The summed E-state index contributed by atoms with van der Waals surface area (Å²) in [5, 5.41) is 6.29. The highest BCUT2D eigenvalue weighted by Gasteiger charge is 2.14. The van der Waals surface area contributed by atoms with Crippen molar-refractivity contribution in [3.05, 3.63) is 41.4 Å². The summed E-state index contributed by atoms with van der Waals surface area (Å²) < 4.78 is 5.29. The molecule has 4 nitrogen and oxygen atoms in total. The number of nitrogens with zero attached hydrogens (tertiary/aromatic N) is 2. The van der Waals surface area contributed by atoms with Crippen molar-refractivity contribution in [2.75, 3.05) is 33.1 Å². The molecule has 2 rings (SSSR count). The molecule has 0 saturated heterocycles. The third kappa shape index (κ3) is 3.68. The molecule has 2 aromatic rings. The summed E-state index contributed by atoms with van der Waals surface area (Å²) in [6.07, 6.45) is 1.81. The molecule has 0 fully saturated rings. The summed E-state index contributed by atoms with van der Waals surface area (Å²) in [6.45, 7) is 0.813. The van der Waals surface area contributed by atoms with Crippen LogP contribution in [0.15, 0.2) is 35.8 Å². The smallest absolute Gasteiger partial charge is 0.182 e. The number of anilines is 1. The fourth-order valence-electron chi connectivity index (χ4n) is 1.94. The first-order valence-electron chi connectivity index (χ1n) is 6.14. The van der Waals surface area contributed by atoms with Gasteiger partial charge in [-0.15, -0.1) is 11.3 Å². The van der Waals surface area contributed by atoms with E-state index in [1.54, 1.807) is 18.4 Å². The molecule has 1 unspecified atom stereocenters. The third-order valence-electron chi connectivity index (χ3n) is 2.98. The molecule has 1 aromatic heterocycles. The van der Waals surface area contributed by atoms with Gasteiger partial charge in [0.05, 0.1) is 13.2 Å². The lowest BCUT2D eigenvalue weighted by atomic mass is 10.1. The number of thiazole rings is 1. The zero-order valence-electron chi connectivity index (χ0n) is 11.5. The molecule has 0 radical (unpaired) electrons. The SMILES string of the molecule is COc1cccc(C(CNc2nccs2)N(C)C)c1. The van der Waals surface area contributed by atoms with E-state index in [4.69, 9.17) is 4.74 Å². The van der Waals surface area contributed by atoms with Crippen LogP contribution in [0.3, 0.4) is 0 Å². The number of aromatic nitrogens is 1. The molecule has 1 N–H and O–H groups in total. The Kier molecular flexibility index (Phi) is 4.76. The summed E-state index contributed by atoms with van der Waals surface area (Å²) in [6, 6.07) is 8.46. The zero-order chi connectivity index (χ0) is 13.7. The Hall–Kier alpha value is -1.59. The van der Waals surface area contributed by atoms with Gasteiger partial charge in [-0.1, -0.05) is 12.1 Å². The van der Waals surface area contributed by atoms with Gasteiger partial charge in [0.2, 0.25) is 0 Å². The van der Waals surface area contributed by atoms with E-state index in [1.807, 2.05) is 23.7 Å². The minimum absolute atomic E-state index is 0.277. The van der Waals surface area contributed by atoms with E-state index >= 15 is 0 Å². The number of benzene rings is 1. The lowest BCUT2D eigenvalue weighted by Crippen LogP contribution is -2.26. The van der Waals surface area contributed by atoms with Gasteiger partial charge in [-0.05, 0) is 31.8 Å². The molecule has 1 heterocycles. The average molecular weight is 277 g/mol. The van der Waals surface area contributed by atoms with E-state index in [0.29, 0.717) is 0 Å². The minimum Gasteiger partial charge on any atom is -0.497 e. The molecule has 0 amide bonds. The Labute approximate surface area is 118 Å². The fourth-order valence-corrected chi connectivity index (χ4v) is 2.48. The normalized spacial score (nSPS) is 12.4. The van der Waals surface area contributed by atoms with E-state index in [2.05, 4.69) is 41.4 Å². The molecule has 1 atom stereocenters. The van der Waals surface area contributed by atoms with Gasteiger partial charge < -0.3 is 15.0 Å². The van der Waals surface area contributed by atoms with E-state index in [0.717, 1.165) is 17.4 Å². The van der Waals surface area contributed by atoms with Gasteiger partial charge in [-0.25, -0.2) is 4.98 Å². The number of likely N-dealkylation sites (N-methyl/N-ethyl adjacent to an activating group) is 1.